The van der Waals surface area contributed by atoms with E-state index in [0.717, 1.165) is 52.5 Å². The summed E-state index contributed by atoms with van der Waals surface area (Å²) in [4.78, 5) is 16.9. The zero-order valence-corrected chi connectivity index (χ0v) is 10.9. The molecule has 5 nitrogen and oxygen atoms in total. The Morgan fingerprint density at radius 3 is 2.67 bits per heavy atom. The molecule has 3 fully saturated rings. The van der Waals surface area contributed by atoms with Crippen molar-refractivity contribution in [1.82, 2.24) is 15.1 Å². The zero-order chi connectivity index (χ0) is 12.4. The van der Waals surface area contributed by atoms with Crippen molar-refractivity contribution in [2.75, 3.05) is 52.5 Å². The van der Waals surface area contributed by atoms with Gasteiger partial charge in [-0.15, -0.1) is 0 Å². The Balaban J connectivity index is 1.54. The van der Waals surface area contributed by atoms with Crippen LogP contribution in [-0.4, -0.2) is 74.2 Å². The second kappa shape index (κ2) is 5.55. The van der Waals surface area contributed by atoms with Crippen LogP contribution in [0.5, 0.6) is 0 Å². The smallest absolute Gasteiger partial charge is 0.228 e. The minimum Gasteiger partial charge on any atom is -0.379 e. The van der Waals surface area contributed by atoms with E-state index in [1.807, 2.05) is 0 Å². The predicted octanol–water partition coefficient (Wildman–Crippen LogP) is -0.471. The van der Waals surface area contributed by atoms with Crippen molar-refractivity contribution in [1.29, 1.82) is 0 Å². The van der Waals surface area contributed by atoms with E-state index in [9.17, 15) is 4.79 Å². The van der Waals surface area contributed by atoms with Crippen LogP contribution in [0.1, 0.15) is 12.8 Å². The second-order valence-corrected chi connectivity index (χ2v) is 5.60. The van der Waals surface area contributed by atoms with Crippen molar-refractivity contribution in [2.24, 2.45) is 5.92 Å². The average Bonchev–Trinajstić information content (AvgIpc) is 2.76. The number of amides is 1. The molecule has 5 heteroatoms. The number of likely N-dealkylation sites (tertiary alicyclic amines) is 1. The lowest BCUT2D eigenvalue weighted by atomic mass is 10.0. The van der Waals surface area contributed by atoms with Gasteiger partial charge in [0, 0.05) is 45.3 Å². The van der Waals surface area contributed by atoms with Crippen LogP contribution in [0.3, 0.4) is 0 Å². The van der Waals surface area contributed by atoms with Gasteiger partial charge in [0.1, 0.15) is 0 Å². The Morgan fingerprint density at radius 2 is 2.00 bits per heavy atom. The highest BCUT2D eigenvalue weighted by Crippen LogP contribution is 2.22. The van der Waals surface area contributed by atoms with Gasteiger partial charge in [-0.05, 0) is 12.8 Å². The first kappa shape index (κ1) is 12.4. The molecule has 1 amide bonds. The maximum absolute atomic E-state index is 12.3. The molecule has 3 aliphatic rings. The third-order valence-electron chi connectivity index (χ3n) is 4.36. The van der Waals surface area contributed by atoms with Crippen LogP contribution in [0.2, 0.25) is 0 Å². The molecule has 0 aromatic heterocycles. The normalized spacial score (nSPS) is 30.4. The number of nitrogens with zero attached hydrogens (tertiary/aromatic N) is 2. The summed E-state index contributed by atoms with van der Waals surface area (Å²) >= 11 is 0. The lowest BCUT2D eigenvalue weighted by molar-refractivity contribution is -0.138. The number of hydrogen-bond donors (Lipinski definition) is 1. The number of carbonyl (C=O) groups excluding carboxylic acids is 1. The van der Waals surface area contributed by atoms with E-state index in [0.29, 0.717) is 11.9 Å². The largest absolute Gasteiger partial charge is 0.379 e. The van der Waals surface area contributed by atoms with E-state index in [-0.39, 0.29) is 5.92 Å². The molecule has 3 saturated heterocycles. The summed E-state index contributed by atoms with van der Waals surface area (Å²) in [5.41, 5.74) is 0. The first-order valence-corrected chi connectivity index (χ1v) is 7.16. The molecule has 0 radical (unpaired) electrons. The molecule has 18 heavy (non-hydrogen) atoms. The summed E-state index contributed by atoms with van der Waals surface area (Å²) in [6, 6.07) is 0.441. The first-order valence-electron chi connectivity index (χ1n) is 7.16. The molecular formula is C13H23N3O2. The van der Waals surface area contributed by atoms with Crippen LogP contribution in [0, 0.1) is 5.92 Å². The van der Waals surface area contributed by atoms with E-state index in [4.69, 9.17) is 4.74 Å². The standard InChI is InChI=1S/C13H23N3O2/c17-13(11-8-14-9-11)16-3-1-2-12(16)10-15-4-6-18-7-5-15/h11-12,14H,1-10H2. The van der Waals surface area contributed by atoms with E-state index >= 15 is 0 Å². The molecule has 3 rings (SSSR count). The van der Waals surface area contributed by atoms with Gasteiger partial charge in [0.25, 0.3) is 0 Å². The monoisotopic (exact) mass is 253 g/mol. The van der Waals surface area contributed by atoms with Gasteiger partial charge in [0.05, 0.1) is 19.1 Å². The van der Waals surface area contributed by atoms with Crippen LogP contribution in [0.15, 0.2) is 0 Å². The van der Waals surface area contributed by atoms with Crippen LogP contribution in [0.25, 0.3) is 0 Å². The number of hydrogen-bond acceptors (Lipinski definition) is 4. The fourth-order valence-electron chi connectivity index (χ4n) is 3.10. The highest BCUT2D eigenvalue weighted by Gasteiger charge is 2.36. The highest BCUT2D eigenvalue weighted by molar-refractivity contribution is 5.80. The van der Waals surface area contributed by atoms with Crippen LogP contribution >= 0.6 is 0 Å². The number of ether oxygens (including phenoxy) is 1. The Bertz CT molecular complexity index is 301. The third-order valence-corrected chi connectivity index (χ3v) is 4.36. The number of nitrogens with one attached hydrogen (secondary N) is 1. The van der Waals surface area contributed by atoms with Crippen LogP contribution in [-0.2, 0) is 9.53 Å². The van der Waals surface area contributed by atoms with Gasteiger partial charge in [-0.25, -0.2) is 0 Å². The first-order chi connectivity index (χ1) is 8.84. The van der Waals surface area contributed by atoms with Gasteiger partial charge >= 0.3 is 0 Å². The predicted molar refractivity (Wildman–Crippen MR) is 68.4 cm³/mol. The summed E-state index contributed by atoms with van der Waals surface area (Å²) in [5, 5.41) is 3.19. The lowest BCUT2D eigenvalue weighted by Crippen LogP contribution is -2.55. The van der Waals surface area contributed by atoms with Crippen LogP contribution < -0.4 is 5.32 Å². The van der Waals surface area contributed by atoms with Gasteiger partial charge in [-0.1, -0.05) is 0 Å². The number of carbonyl (C=O) groups is 1. The Hall–Kier alpha value is -0.650. The summed E-state index contributed by atoms with van der Waals surface area (Å²) < 4.78 is 5.37. The molecular weight excluding hydrogens is 230 g/mol. The van der Waals surface area contributed by atoms with Crippen molar-refractivity contribution in [2.45, 2.75) is 18.9 Å². The maximum Gasteiger partial charge on any atom is 0.228 e. The molecule has 3 aliphatic heterocycles. The minimum absolute atomic E-state index is 0.246. The maximum atomic E-state index is 12.3. The molecule has 0 bridgehead atoms. The van der Waals surface area contributed by atoms with Crippen molar-refractivity contribution < 1.29 is 9.53 Å². The lowest BCUT2D eigenvalue weighted by Gasteiger charge is -2.36. The average molecular weight is 253 g/mol. The molecule has 0 aliphatic carbocycles. The van der Waals surface area contributed by atoms with Gasteiger partial charge in [-0.3, -0.25) is 9.69 Å². The Labute approximate surface area is 108 Å². The van der Waals surface area contributed by atoms with Crippen molar-refractivity contribution >= 4 is 5.91 Å². The molecule has 1 atom stereocenters. The fourth-order valence-corrected chi connectivity index (χ4v) is 3.10. The Morgan fingerprint density at radius 1 is 1.22 bits per heavy atom. The molecule has 1 N–H and O–H groups in total. The molecule has 0 saturated carbocycles. The molecule has 0 spiro atoms. The Kier molecular flexibility index (Phi) is 3.82. The SMILES string of the molecule is O=C(C1CNC1)N1CCCC1CN1CCOCC1. The molecule has 1 unspecified atom stereocenters. The third kappa shape index (κ3) is 2.53. The zero-order valence-electron chi connectivity index (χ0n) is 10.9. The topological polar surface area (TPSA) is 44.8 Å². The minimum atomic E-state index is 0.246. The fraction of sp³-hybridized carbons (Fsp3) is 0.923. The van der Waals surface area contributed by atoms with E-state index < -0.39 is 0 Å². The van der Waals surface area contributed by atoms with E-state index in [1.165, 1.54) is 12.8 Å². The van der Waals surface area contributed by atoms with Crippen molar-refractivity contribution in [3.63, 3.8) is 0 Å². The number of rotatable bonds is 3. The van der Waals surface area contributed by atoms with Gasteiger partial charge in [0.2, 0.25) is 5.91 Å². The molecule has 102 valence electrons. The molecule has 3 heterocycles. The second-order valence-electron chi connectivity index (χ2n) is 5.60. The van der Waals surface area contributed by atoms with Gasteiger partial charge < -0.3 is 15.0 Å². The van der Waals surface area contributed by atoms with Crippen molar-refractivity contribution in [3.8, 4) is 0 Å². The summed E-state index contributed by atoms with van der Waals surface area (Å²) in [7, 11) is 0. The van der Waals surface area contributed by atoms with Crippen molar-refractivity contribution in [3.05, 3.63) is 0 Å². The molecule has 0 aromatic carbocycles. The van der Waals surface area contributed by atoms with Crippen LogP contribution in [0.4, 0.5) is 0 Å². The van der Waals surface area contributed by atoms with E-state index in [2.05, 4.69) is 15.1 Å². The summed E-state index contributed by atoms with van der Waals surface area (Å²) in [6.45, 7) is 7.46. The number of morpholine rings is 1. The summed E-state index contributed by atoms with van der Waals surface area (Å²) in [5.74, 6) is 0.625. The van der Waals surface area contributed by atoms with E-state index in [1.54, 1.807) is 0 Å². The molecule has 0 aromatic rings. The summed E-state index contributed by atoms with van der Waals surface area (Å²) in [6.07, 6.45) is 2.34. The highest BCUT2D eigenvalue weighted by atomic mass is 16.5. The van der Waals surface area contributed by atoms with Gasteiger partial charge in [-0.2, -0.15) is 0 Å². The van der Waals surface area contributed by atoms with Gasteiger partial charge in [0.15, 0.2) is 0 Å². The quantitative estimate of drug-likeness (QED) is 0.738.